The summed E-state index contributed by atoms with van der Waals surface area (Å²) in [5.74, 6) is -0.372. The van der Waals surface area contributed by atoms with Crippen LogP contribution in [0, 0.1) is 0 Å². The molecule has 0 radical (unpaired) electrons. The van der Waals surface area contributed by atoms with E-state index in [1.165, 1.54) is 30.5 Å². The standard InChI is InChI=1S/C13H11ClF3N3OS/c1-7(21)20-10-3-2-8(13(15,16)17)4-11(10)18-5-9-6-19-12(14)22-9/h2-4,6,18H,5H2,1H3,(H,20,21). The van der Waals surface area contributed by atoms with Gasteiger partial charge in [-0.05, 0) is 18.2 Å². The van der Waals surface area contributed by atoms with Crippen molar-refractivity contribution in [2.45, 2.75) is 19.6 Å². The fourth-order valence-corrected chi connectivity index (χ4v) is 2.63. The number of nitrogens with zero attached hydrogens (tertiary/aromatic N) is 1. The molecule has 0 saturated heterocycles. The highest BCUT2D eigenvalue weighted by Gasteiger charge is 2.31. The molecule has 1 amide bonds. The van der Waals surface area contributed by atoms with E-state index in [-0.39, 0.29) is 23.8 Å². The summed E-state index contributed by atoms with van der Waals surface area (Å²) in [6, 6.07) is 3.08. The highest BCUT2D eigenvalue weighted by Crippen LogP contribution is 2.34. The Balaban J connectivity index is 2.25. The summed E-state index contributed by atoms with van der Waals surface area (Å²) in [6.45, 7) is 1.53. The topological polar surface area (TPSA) is 54.0 Å². The van der Waals surface area contributed by atoms with E-state index in [2.05, 4.69) is 15.6 Å². The molecule has 4 nitrogen and oxygen atoms in total. The van der Waals surface area contributed by atoms with Gasteiger partial charge in [-0.15, -0.1) is 11.3 Å². The van der Waals surface area contributed by atoms with Crippen molar-refractivity contribution in [3.8, 4) is 0 Å². The third-order valence-electron chi connectivity index (χ3n) is 2.64. The lowest BCUT2D eigenvalue weighted by atomic mass is 10.1. The third kappa shape index (κ3) is 4.35. The van der Waals surface area contributed by atoms with Crippen LogP contribution in [0.15, 0.2) is 24.4 Å². The highest BCUT2D eigenvalue weighted by molar-refractivity contribution is 7.15. The number of rotatable bonds is 4. The van der Waals surface area contributed by atoms with E-state index in [1.807, 2.05) is 0 Å². The van der Waals surface area contributed by atoms with Crippen molar-refractivity contribution in [1.82, 2.24) is 4.98 Å². The first kappa shape index (κ1) is 16.6. The van der Waals surface area contributed by atoms with E-state index in [4.69, 9.17) is 11.6 Å². The van der Waals surface area contributed by atoms with Gasteiger partial charge < -0.3 is 10.6 Å². The molecule has 0 spiro atoms. The van der Waals surface area contributed by atoms with Gasteiger partial charge in [0.15, 0.2) is 4.47 Å². The van der Waals surface area contributed by atoms with Crippen LogP contribution in [0.2, 0.25) is 4.47 Å². The van der Waals surface area contributed by atoms with E-state index in [9.17, 15) is 18.0 Å². The number of hydrogen-bond donors (Lipinski definition) is 2. The highest BCUT2D eigenvalue weighted by atomic mass is 35.5. The molecule has 0 unspecified atom stereocenters. The van der Waals surface area contributed by atoms with Gasteiger partial charge in [-0.1, -0.05) is 11.6 Å². The van der Waals surface area contributed by atoms with E-state index in [1.54, 1.807) is 0 Å². The molecular formula is C13H11ClF3N3OS. The smallest absolute Gasteiger partial charge is 0.378 e. The Morgan fingerprint density at radius 3 is 2.64 bits per heavy atom. The number of thiazole rings is 1. The molecule has 2 aromatic rings. The molecule has 2 rings (SSSR count). The average molecular weight is 350 g/mol. The van der Waals surface area contributed by atoms with Crippen molar-refractivity contribution in [1.29, 1.82) is 0 Å². The zero-order chi connectivity index (χ0) is 16.3. The lowest BCUT2D eigenvalue weighted by Crippen LogP contribution is -2.11. The number of alkyl halides is 3. The van der Waals surface area contributed by atoms with Gasteiger partial charge in [0, 0.05) is 18.0 Å². The molecule has 0 aliphatic carbocycles. The first-order chi connectivity index (χ1) is 10.3. The van der Waals surface area contributed by atoms with Crippen LogP contribution in [-0.4, -0.2) is 10.9 Å². The summed E-state index contributed by atoms with van der Waals surface area (Å²) < 4.78 is 38.7. The van der Waals surface area contributed by atoms with Gasteiger partial charge in [0.2, 0.25) is 5.91 Å². The van der Waals surface area contributed by atoms with Crippen LogP contribution >= 0.6 is 22.9 Å². The molecule has 0 aliphatic rings. The van der Waals surface area contributed by atoms with Crippen LogP contribution < -0.4 is 10.6 Å². The second-order valence-electron chi connectivity index (χ2n) is 4.37. The molecule has 0 atom stereocenters. The Bertz CT molecular complexity index is 687. The summed E-state index contributed by atoms with van der Waals surface area (Å²) in [4.78, 5) is 15.7. The number of hydrogen-bond acceptors (Lipinski definition) is 4. The van der Waals surface area contributed by atoms with Crippen molar-refractivity contribution in [3.05, 3.63) is 39.3 Å². The molecule has 0 aliphatic heterocycles. The van der Waals surface area contributed by atoms with Gasteiger partial charge in [0.1, 0.15) is 0 Å². The summed E-state index contributed by atoms with van der Waals surface area (Å²) in [5, 5.41) is 5.34. The predicted molar refractivity (Wildman–Crippen MR) is 80.2 cm³/mol. The van der Waals surface area contributed by atoms with Crippen LogP contribution in [0.3, 0.4) is 0 Å². The van der Waals surface area contributed by atoms with Crippen LogP contribution in [0.5, 0.6) is 0 Å². The Morgan fingerprint density at radius 1 is 1.36 bits per heavy atom. The lowest BCUT2D eigenvalue weighted by molar-refractivity contribution is -0.137. The van der Waals surface area contributed by atoms with Crippen molar-refractivity contribution < 1.29 is 18.0 Å². The maximum atomic E-state index is 12.8. The van der Waals surface area contributed by atoms with Crippen LogP contribution in [0.1, 0.15) is 17.4 Å². The first-order valence-corrected chi connectivity index (χ1v) is 7.28. The van der Waals surface area contributed by atoms with Gasteiger partial charge in [-0.3, -0.25) is 4.79 Å². The largest absolute Gasteiger partial charge is 0.416 e. The first-order valence-electron chi connectivity index (χ1n) is 6.08. The molecule has 0 fully saturated rings. The number of carbonyl (C=O) groups excluding carboxylic acids is 1. The van der Waals surface area contributed by atoms with Gasteiger partial charge in [-0.25, -0.2) is 4.98 Å². The Hall–Kier alpha value is -1.80. The van der Waals surface area contributed by atoms with E-state index in [0.717, 1.165) is 17.0 Å². The van der Waals surface area contributed by atoms with E-state index in [0.29, 0.717) is 4.47 Å². The van der Waals surface area contributed by atoms with Crippen LogP contribution in [-0.2, 0) is 17.5 Å². The Labute approximate surface area is 133 Å². The molecule has 9 heteroatoms. The zero-order valence-electron chi connectivity index (χ0n) is 11.3. The Kier molecular flexibility index (Phi) is 4.92. The molecule has 2 N–H and O–H groups in total. The second-order valence-corrected chi connectivity index (χ2v) is 6.07. The summed E-state index contributed by atoms with van der Waals surface area (Å²) in [5.41, 5.74) is -0.350. The maximum absolute atomic E-state index is 12.8. The number of anilines is 2. The molecule has 0 bridgehead atoms. The molecular weight excluding hydrogens is 339 g/mol. The second kappa shape index (κ2) is 6.53. The number of benzene rings is 1. The number of amides is 1. The van der Waals surface area contributed by atoms with Crippen molar-refractivity contribution in [3.63, 3.8) is 0 Å². The number of aromatic nitrogens is 1. The average Bonchev–Trinajstić information content (AvgIpc) is 2.81. The summed E-state index contributed by atoms with van der Waals surface area (Å²) >= 11 is 6.92. The molecule has 22 heavy (non-hydrogen) atoms. The fourth-order valence-electron chi connectivity index (χ4n) is 1.71. The summed E-state index contributed by atoms with van der Waals surface area (Å²) in [6.07, 6.45) is -2.93. The molecule has 1 aromatic carbocycles. The third-order valence-corrected chi connectivity index (χ3v) is 3.75. The van der Waals surface area contributed by atoms with E-state index < -0.39 is 11.7 Å². The molecule has 118 valence electrons. The van der Waals surface area contributed by atoms with Crippen molar-refractivity contribution >= 4 is 40.2 Å². The quantitative estimate of drug-likeness (QED) is 0.861. The Morgan fingerprint density at radius 2 is 2.09 bits per heavy atom. The summed E-state index contributed by atoms with van der Waals surface area (Å²) in [7, 11) is 0. The SMILES string of the molecule is CC(=O)Nc1ccc(C(F)(F)F)cc1NCc1cnc(Cl)s1. The molecule has 1 heterocycles. The van der Waals surface area contributed by atoms with Crippen LogP contribution in [0.4, 0.5) is 24.5 Å². The zero-order valence-corrected chi connectivity index (χ0v) is 12.9. The van der Waals surface area contributed by atoms with Crippen molar-refractivity contribution in [2.75, 3.05) is 10.6 Å². The number of carbonyl (C=O) groups is 1. The van der Waals surface area contributed by atoms with Gasteiger partial charge >= 0.3 is 6.18 Å². The molecule has 1 aromatic heterocycles. The monoisotopic (exact) mass is 349 g/mol. The van der Waals surface area contributed by atoms with Gasteiger partial charge in [0.25, 0.3) is 0 Å². The normalized spacial score (nSPS) is 11.3. The maximum Gasteiger partial charge on any atom is 0.416 e. The molecule has 0 saturated carbocycles. The minimum Gasteiger partial charge on any atom is -0.378 e. The van der Waals surface area contributed by atoms with Crippen LogP contribution in [0.25, 0.3) is 0 Å². The number of nitrogens with one attached hydrogen (secondary N) is 2. The van der Waals surface area contributed by atoms with Crippen molar-refractivity contribution in [2.24, 2.45) is 0 Å². The van der Waals surface area contributed by atoms with Gasteiger partial charge in [-0.2, -0.15) is 13.2 Å². The lowest BCUT2D eigenvalue weighted by Gasteiger charge is -2.15. The fraction of sp³-hybridized carbons (Fsp3) is 0.231. The van der Waals surface area contributed by atoms with E-state index >= 15 is 0 Å². The minimum absolute atomic E-state index is 0.176. The van der Waals surface area contributed by atoms with Gasteiger partial charge in [0.05, 0.1) is 23.5 Å². The number of halogens is 4. The predicted octanol–water partition coefficient (Wildman–Crippen LogP) is 4.39. The minimum atomic E-state index is -4.46.